The monoisotopic (exact) mass is 290 g/mol. The van der Waals surface area contributed by atoms with E-state index >= 15 is 0 Å². The standard InChI is InChI=1S/C11H18N2O5S/c1-18-5-4-12-2-3-13(6-9(12)14)10(15)7-19-8-11(16)17/h2-8H2,1H3,(H,16,17). The van der Waals surface area contributed by atoms with Gasteiger partial charge in [-0.05, 0) is 0 Å². The summed E-state index contributed by atoms with van der Waals surface area (Å²) in [6, 6.07) is 0. The van der Waals surface area contributed by atoms with Crippen molar-refractivity contribution in [2.75, 3.05) is 51.4 Å². The topological polar surface area (TPSA) is 87.2 Å². The molecule has 1 N–H and O–H groups in total. The summed E-state index contributed by atoms with van der Waals surface area (Å²) in [6.45, 7) is 2.06. The van der Waals surface area contributed by atoms with Crippen LogP contribution in [0.5, 0.6) is 0 Å². The van der Waals surface area contributed by atoms with Gasteiger partial charge in [0.25, 0.3) is 0 Å². The molecule has 1 heterocycles. The number of carboxylic acid groups (broad SMARTS) is 1. The predicted molar refractivity (Wildman–Crippen MR) is 70.0 cm³/mol. The SMILES string of the molecule is COCCN1CCN(C(=O)CSCC(=O)O)CC1=O. The number of carboxylic acids is 1. The van der Waals surface area contributed by atoms with Gasteiger partial charge in [0.1, 0.15) is 0 Å². The number of aliphatic carboxylic acids is 1. The Kier molecular flexibility index (Phi) is 6.65. The molecule has 8 heteroatoms. The molecule has 1 saturated heterocycles. The Balaban J connectivity index is 2.32. The van der Waals surface area contributed by atoms with Gasteiger partial charge in [0.15, 0.2) is 0 Å². The summed E-state index contributed by atoms with van der Waals surface area (Å²) < 4.78 is 4.91. The zero-order valence-corrected chi connectivity index (χ0v) is 11.6. The van der Waals surface area contributed by atoms with Crippen molar-refractivity contribution in [2.24, 2.45) is 0 Å². The molecule has 0 aromatic rings. The first-order chi connectivity index (χ1) is 9.04. The number of piperazine rings is 1. The molecule has 1 aliphatic heterocycles. The van der Waals surface area contributed by atoms with Crippen molar-refractivity contribution in [1.29, 1.82) is 0 Å². The number of nitrogens with zero attached hydrogens (tertiary/aromatic N) is 2. The number of hydrogen-bond acceptors (Lipinski definition) is 5. The van der Waals surface area contributed by atoms with Crippen molar-refractivity contribution in [3.05, 3.63) is 0 Å². The molecule has 0 aromatic carbocycles. The Bertz CT molecular complexity index is 350. The highest BCUT2D eigenvalue weighted by molar-refractivity contribution is 8.00. The molecule has 1 fully saturated rings. The van der Waals surface area contributed by atoms with E-state index in [4.69, 9.17) is 9.84 Å². The van der Waals surface area contributed by atoms with Gasteiger partial charge in [0, 0.05) is 26.7 Å². The Labute approximate surface area is 115 Å². The van der Waals surface area contributed by atoms with E-state index in [1.54, 1.807) is 12.0 Å². The van der Waals surface area contributed by atoms with E-state index in [0.717, 1.165) is 11.8 Å². The average Bonchev–Trinajstić information content (AvgIpc) is 2.36. The summed E-state index contributed by atoms with van der Waals surface area (Å²) in [5, 5.41) is 8.48. The Hall–Kier alpha value is -1.28. The van der Waals surface area contributed by atoms with Gasteiger partial charge in [0.05, 0.1) is 24.7 Å². The number of carbonyl (C=O) groups is 3. The van der Waals surface area contributed by atoms with E-state index in [1.807, 2.05) is 0 Å². The number of carbonyl (C=O) groups excluding carboxylic acids is 2. The molecule has 7 nitrogen and oxygen atoms in total. The van der Waals surface area contributed by atoms with Gasteiger partial charge in [-0.3, -0.25) is 14.4 Å². The largest absolute Gasteiger partial charge is 0.481 e. The zero-order chi connectivity index (χ0) is 14.3. The molecule has 0 saturated carbocycles. The lowest BCUT2D eigenvalue weighted by Crippen LogP contribution is -2.53. The van der Waals surface area contributed by atoms with Crippen LogP contribution in [0.3, 0.4) is 0 Å². The zero-order valence-electron chi connectivity index (χ0n) is 10.8. The second kappa shape index (κ2) is 8.00. The van der Waals surface area contributed by atoms with Crippen LogP contribution in [0.15, 0.2) is 0 Å². The highest BCUT2D eigenvalue weighted by Crippen LogP contribution is 2.07. The fourth-order valence-electron chi connectivity index (χ4n) is 1.68. The normalized spacial score (nSPS) is 15.7. The number of hydrogen-bond donors (Lipinski definition) is 1. The van der Waals surface area contributed by atoms with Crippen LogP contribution in [-0.2, 0) is 19.1 Å². The van der Waals surface area contributed by atoms with Crippen molar-refractivity contribution in [3.8, 4) is 0 Å². The molecule has 0 aromatic heterocycles. The molecule has 1 aliphatic rings. The average molecular weight is 290 g/mol. The van der Waals surface area contributed by atoms with Crippen LogP contribution in [0.1, 0.15) is 0 Å². The minimum atomic E-state index is -0.946. The van der Waals surface area contributed by atoms with Crippen LogP contribution >= 0.6 is 11.8 Å². The maximum atomic E-state index is 11.8. The molecule has 0 bridgehead atoms. The summed E-state index contributed by atoms with van der Waals surface area (Å²) in [4.78, 5) is 37.0. The van der Waals surface area contributed by atoms with Gasteiger partial charge in [-0.15, -0.1) is 11.8 Å². The van der Waals surface area contributed by atoms with Crippen LogP contribution in [0.2, 0.25) is 0 Å². The first-order valence-corrected chi connectivity index (χ1v) is 7.04. The van der Waals surface area contributed by atoms with E-state index in [1.165, 1.54) is 4.90 Å². The fourth-order valence-corrected chi connectivity index (χ4v) is 2.31. The van der Waals surface area contributed by atoms with Gasteiger partial charge in [-0.1, -0.05) is 0 Å². The molecule has 0 radical (unpaired) electrons. The summed E-state index contributed by atoms with van der Waals surface area (Å²) >= 11 is 1.04. The molecular weight excluding hydrogens is 272 g/mol. The number of rotatable bonds is 7. The van der Waals surface area contributed by atoms with E-state index in [-0.39, 0.29) is 29.9 Å². The van der Waals surface area contributed by atoms with E-state index in [2.05, 4.69) is 0 Å². The van der Waals surface area contributed by atoms with Crippen molar-refractivity contribution >= 4 is 29.5 Å². The number of thioether (sulfide) groups is 1. The van der Waals surface area contributed by atoms with Crippen LogP contribution in [0, 0.1) is 0 Å². The molecule has 0 aliphatic carbocycles. The molecule has 0 unspecified atom stereocenters. The lowest BCUT2D eigenvalue weighted by atomic mass is 10.3. The minimum Gasteiger partial charge on any atom is -0.481 e. The second-order valence-electron chi connectivity index (χ2n) is 4.08. The smallest absolute Gasteiger partial charge is 0.313 e. The molecule has 2 amide bonds. The van der Waals surface area contributed by atoms with E-state index < -0.39 is 5.97 Å². The summed E-state index contributed by atoms with van der Waals surface area (Å²) in [7, 11) is 1.57. The maximum absolute atomic E-state index is 11.8. The molecular formula is C11H18N2O5S. The first kappa shape index (κ1) is 15.8. The van der Waals surface area contributed by atoms with Crippen LogP contribution in [0.25, 0.3) is 0 Å². The molecule has 1 rings (SSSR count). The molecule has 0 atom stereocenters. The Morgan fingerprint density at radius 2 is 2.11 bits per heavy atom. The summed E-state index contributed by atoms with van der Waals surface area (Å²) in [5.74, 6) is -1.24. The van der Waals surface area contributed by atoms with Crippen molar-refractivity contribution in [3.63, 3.8) is 0 Å². The highest BCUT2D eigenvalue weighted by atomic mass is 32.2. The third-order valence-electron chi connectivity index (χ3n) is 2.69. The number of amides is 2. The van der Waals surface area contributed by atoms with E-state index in [0.29, 0.717) is 26.2 Å². The van der Waals surface area contributed by atoms with Crippen molar-refractivity contribution in [2.45, 2.75) is 0 Å². The van der Waals surface area contributed by atoms with Crippen molar-refractivity contribution in [1.82, 2.24) is 9.80 Å². The Morgan fingerprint density at radius 3 is 2.68 bits per heavy atom. The highest BCUT2D eigenvalue weighted by Gasteiger charge is 2.26. The molecule has 19 heavy (non-hydrogen) atoms. The fraction of sp³-hybridized carbons (Fsp3) is 0.727. The molecule has 108 valence electrons. The maximum Gasteiger partial charge on any atom is 0.313 e. The van der Waals surface area contributed by atoms with Gasteiger partial charge >= 0.3 is 5.97 Å². The summed E-state index contributed by atoms with van der Waals surface area (Å²) in [6.07, 6.45) is 0. The lowest BCUT2D eigenvalue weighted by molar-refractivity contribution is -0.144. The predicted octanol–water partition coefficient (Wildman–Crippen LogP) is -0.879. The van der Waals surface area contributed by atoms with Crippen LogP contribution < -0.4 is 0 Å². The van der Waals surface area contributed by atoms with Gasteiger partial charge < -0.3 is 19.6 Å². The van der Waals surface area contributed by atoms with Gasteiger partial charge in [-0.2, -0.15) is 0 Å². The van der Waals surface area contributed by atoms with Gasteiger partial charge in [-0.25, -0.2) is 0 Å². The second-order valence-corrected chi connectivity index (χ2v) is 5.06. The number of ether oxygens (including phenoxy) is 1. The first-order valence-electron chi connectivity index (χ1n) is 5.88. The van der Waals surface area contributed by atoms with Crippen LogP contribution in [0.4, 0.5) is 0 Å². The third-order valence-corrected chi connectivity index (χ3v) is 3.59. The van der Waals surface area contributed by atoms with Gasteiger partial charge in [0.2, 0.25) is 11.8 Å². The minimum absolute atomic E-state index is 0.0657. The van der Waals surface area contributed by atoms with Crippen molar-refractivity contribution < 1.29 is 24.2 Å². The summed E-state index contributed by atoms with van der Waals surface area (Å²) in [5.41, 5.74) is 0. The third kappa shape index (κ3) is 5.48. The van der Waals surface area contributed by atoms with E-state index in [9.17, 15) is 14.4 Å². The lowest BCUT2D eigenvalue weighted by Gasteiger charge is -2.34. The molecule has 0 spiro atoms. The number of methoxy groups -OCH3 is 1. The Morgan fingerprint density at radius 1 is 1.37 bits per heavy atom. The van der Waals surface area contributed by atoms with Crippen LogP contribution in [-0.4, -0.2) is 84.1 Å². The quantitative estimate of drug-likeness (QED) is 0.655.